The highest BCUT2D eigenvalue weighted by Gasteiger charge is 2.20. The Labute approximate surface area is 160 Å². The first-order chi connectivity index (χ1) is 13.2. The Balaban J connectivity index is 1.58. The molecule has 0 unspecified atom stereocenters. The first-order valence-corrected chi connectivity index (χ1v) is 9.70. The normalized spacial score (nSPS) is 12.4. The molecule has 0 N–H and O–H groups in total. The third-order valence-corrected chi connectivity index (χ3v) is 5.34. The van der Waals surface area contributed by atoms with Crippen LogP contribution in [0.25, 0.3) is 4.96 Å². The van der Waals surface area contributed by atoms with Crippen molar-refractivity contribution in [3.8, 4) is 5.75 Å². The largest absolute Gasteiger partial charge is 0.486 e. The summed E-state index contributed by atoms with van der Waals surface area (Å²) in [5, 5.41) is 14.2. The van der Waals surface area contributed by atoms with Gasteiger partial charge in [0, 0.05) is 5.92 Å². The molecule has 27 heavy (non-hydrogen) atoms. The van der Waals surface area contributed by atoms with Gasteiger partial charge in [-0.25, -0.2) is 4.39 Å². The second-order valence-corrected chi connectivity index (χ2v) is 7.23. The Bertz CT molecular complexity index is 1010. The van der Waals surface area contributed by atoms with Crippen molar-refractivity contribution in [3.05, 3.63) is 76.8 Å². The molecule has 138 valence electrons. The van der Waals surface area contributed by atoms with Crippen molar-refractivity contribution in [1.29, 1.82) is 0 Å². The van der Waals surface area contributed by atoms with Gasteiger partial charge in [-0.3, -0.25) is 0 Å². The van der Waals surface area contributed by atoms with E-state index in [1.165, 1.54) is 17.7 Å². The lowest BCUT2D eigenvalue weighted by atomic mass is 9.95. The monoisotopic (exact) mass is 382 g/mol. The zero-order chi connectivity index (χ0) is 18.6. The van der Waals surface area contributed by atoms with Gasteiger partial charge in [-0.05, 0) is 36.2 Å². The van der Waals surface area contributed by atoms with E-state index >= 15 is 0 Å². The van der Waals surface area contributed by atoms with E-state index in [2.05, 4.69) is 41.4 Å². The quantitative estimate of drug-likeness (QED) is 0.459. The van der Waals surface area contributed by atoms with Gasteiger partial charge in [-0.1, -0.05) is 55.0 Å². The van der Waals surface area contributed by atoms with Crippen LogP contribution >= 0.6 is 11.3 Å². The molecule has 0 saturated carbocycles. The van der Waals surface area contributed by atoms with Crippen LogP contribution in [0.15, 0.2) is 54.6 Å². The molecular weight excluding hydrogens is 363 g/mol. The van der Waals surface area contributed by atoms with Crippen molar-refractivity contribution >= 4 is 16.3 Å². The predicted octanol–water partition coefficient (Wildman–Crippen LogP) is 4.84. The maximum atomic E-state index is 13.0. The van der Waals surface area contributed by atoms with Gasteiger partial charge in [-0.15, -0.1) is 10.2 Å². The summed E-state index contributed by atoms with van der Waals surface area (Å²) in [6, 6.07) is 16.3. The van der Waals surface area contributed by atoms with Gasteiger partial charge in [0.1, 0.15) is 23.2 Å². The molecule has 0 bridgehead atoms. The highest BCUT2D eigenvalue weighted by Crippen LogP contribution is 2.32. The molecule has 0 amide bonds. The van der Waals surface area contributed by atoms with Crippen LogP contribution < -0.4 is 4.74 Å². The number of halogens is 1. The number of ether oxygens (including phenoxy) is 1. The third kappa shape index (κ3) is 3.83. The molecule has 2 aromatic heterocycles. The van der Waals surface area contributed by atoms with Crippen LogP contribution in [0, 0.1) is 5.82 Å². The van der Waals surface area contributed by atoms with Gasteiger partial charge < -0.3 is 4.74 Å². The predicted molar refractivity (Wildman–Crippen MR) is 103 cm³/mol. The molecule has 5 nitrogen and oxygen atoms in total. The average molecular weight is 382 g/mol. The van der Waals surface area contributed by atoms with E-state index < -0.39 is 0 Å². The molecule has 2 aromatic carbocycles. The van der Waals surface area contributed by atoms with Crippen LogP contribution in [-0.4, -0.2) is 19.8 Å². The zero-order valence-electron chi connectivity index (χ0n) is 14.9. The van der Waals surface area contributed by atoms with E-state index in [4.69, 9.17) is 9.84 Å². The van der Waals surface area contributed by atoms with Crippen LogP contribution in [0.3, 0.4) is 0 Å². The summed E-state index contributed by atoms with van der Waals surface area (Å²) in [6.07, 6.45) is 2.09. The van der Waals surface area contributed by atoms with Crippen molar-refractivity contribution in [3.63, 3.8) is 0 Å². The molecule has 0 aliphatic heterocycles. The third-order valence-electron chi connectivity index (χ3n) is 4.33. The van der Waals surface area contributed by atoms with Crippen molar-refractivity contribution in [2.24, 2.45) is 0 Å². The maximum absolute atomic E-state index is 13.0. The van der Waals surface area contributed by atoms with Crippen molar-refractivity contribution < 1.29 is 9.13 Å². The van der Waals surface area contributed by atoms with Crippen molar-refractivity contribution in [1.82, 2.24) is 19.8 Å². The fraction of sp³-hybridized carbons (Fsp3) is 0.250. The second-order valence-electron chi connectivity index (χ2n) is 6.25. The molecule has 0 radical (unpaired) electrons. The van der Waals surface area contributed by atoms with Crippen LogP contribution in [0.5, 0.6) is 5.75 Å². The first-order valence-electron chi connectivity index (χ1n) is 8.89. The first kappa shape index (κ1) is 17.6. The minimum absolute atomic E-state index is 0.222. The minimum atomic E-state index is -0.292. The van der Waals surface area contributed by atoms with Gasteiger partial charge in [0.25, 0.3) is 0 Å². The van der Waals surface area contributed by atoms with Crippen LogP contribution in [0.4, 0.5) is 4.39 Å². The Hall–Kier alpha value is -2.80. The van der Waals surface area contributed by atoms with Crippen LogP contribution in [0.1, 0.15) is 42.1 Å². The minimum Gasteiger partial charge on any atom is -0.486 e. The van der Waals surface area contributed by atoms with Gasteiger partial charge in [-0.2, -0.15) is 9.61 Å². The van der Waals surface area contributed by atoms with E-state index in [0.29, 0.717) is 11.6 Å². The zero-order valence-corrected chi connectivity index (χ0v) is 15.7. The van der Waals surface area contributed by atoms with Crippen LogP contribution in [-0.2, 0) is 6.61 Å². The van der Waals surface area contributed by atoms with E-state index in [9.17, 15) is 4.39 Å². The summed E-state index contributed by atoms with van der Waals surface area (Å²) >= 11 is 1.56. The average Bonchev–Trinajstić information content (AvgIpc) is 3.27. The van der Waals surface area contributed by atoms with Gasteiger partial charge >= 0.3 is 0 Å². The lowest BCUT2D eigenvalue weighted by molar-refractivity contribution is 0.292. The van der Waals surface area contributed by atoms with Gasteiger partial charge in [0.15, 0.2) is 5.82 Å². The number of aromatic nitrogens is 4. The van der Waals surface area contributed by atoms with Gasteiger partial charge in [0.05, 0.1) is 0 Å². The summed E-state index contributed by atoms with van der Waals surface area (Å²) in [4.78, 5) is 0.750. The number of hydrogen-bond donors (Lipinski definition) is 0. The van der Waals surface area contributed by atoms with E-state index in [1.54, 1.807) is 28.0 Å². The molecule has 0 aliphatic rings. The van der Waals surface area contributed by atoms with Crippen molar-refractivity contribution in [2.45, 2.75) is 32.3 Å². The fourth-order valence-corrected chi connectivity index (χ4v) is 4.01. The smallest absolute Gasteiger partial charge is 0.234 e. The lowest BCUT2D eigenvalue weighted by Crippen LogP contribution is -2.05. The Kier molecular flexibility index (Phi) is 5.11. The topological polar surface area (TPSA) is 52.3 Å². The van der Waals surface area contributed by atoms with E-state index in [1.807, 2.05) is 6.07 Å². The molecule has 0 aliphatic carbocycles. The number of fused-ring (bicyclic) bond motifs is 1. The maximum Gasteiger partial charge on any atom is 0.234 e. The number of benzene rings is 2. The summed E-state index contributed by atoms with van der Waals surface area (Å²) in [5.41, 5.74) is 1.26. The summed E-state index contributed by atoms with van der Waals surface area (Å²) in [5.74, 6) is 1.16. The molecule has 4 aromatic rings. The number of rotatable bonds is 7. The van der Waals surface area contributed by atoms with Crippen molar-refractivity contribution in [2.75, 3.05) is 0 Å². The Morgan fingerprint density at radius 3 is 2.59 bits per heavy atom. The molecule has 4 rings (SSSR count). The van der Waals surface area contributed by atoms with E-state index in [0.717, 1.165) is 22.8 Å². The number of hydrogen-bond acceptors (Lipinski definition) is 5. The van der Waals surface area contributed by atoms with Crippen LogP contribution in [0.2, 0.25) is 0 Å². The summed E-state index contributed by atoms with van der Waals surface area (Å²) in [6.45, 7) is 2.40. The Morgan fingerprint density at radius 2 is 1.85 bits per heavy atom. The second kappa shape index (κ2) is 7.84. The summed E-state index contributed by atoms with van der Waals surface area (Å²) in [7, 11) is 0. The summed E-state index contributed by atoms with van der Waals surface area (Å²) < 4.78 is 20.4. The van der Waals surface area contributed by atoms with E-state index in [-0.39, 0.29) is 18.3 Å². The highest BCUT2D eigenvalue weighted by molar-refractivity contribution is 7.16. The highest BCUT2D eigenvalue weighted by atomic mass is 32.1. The lowest BCUT2D eigenvalue weighted by Gasteiger charge is -2.13. The molecule has 1 atom stereocenters. The molecule has 0 fully saturated rings. The fourth-order valence-electron chi connectivity index (χ4n) is 2.99. The molecule has 0 spiro atoms. The molecule has 0 saturated heterocycles. The number of nitrogens with zero attached hydrogens (tertiary/aromatic N) is 4. The SMILES string of the molecule is CCC[C@@H](c1ccccc1)c1nn2c(COc3ccc(F)cc3)nnc2s1. The molecule has 7 heteroatoms. The molecular formula is C20H19FN4OS. The molecule has 2 heterocycles. The van der Waals surface area contributed by atoms with Gasteiger partial charge in [0.2, 0.25) is 4.96 Å². The Morgan fingerprint density at radius 1 is 1.07 bits per heavy atom. The standard InChI is InChI=1S/C20H19FN4OS/c1-2-6-17(14-7-4-3-5-8-14)19-24-25-18(22-23-20(25)27-19)13-26-16-11-9-15(21)10-12-16/h3-5,7-12,17H,2,6,13H2,1H3/t17-/m0/s1.